The standard InChI is InChI=1S/C28H30O4/c1-3-25(31-26(29)23-16-10-6-11-17-23)21-28(4-2,20-22-14-8-5-9-15-22)32-27(30)24-18-12-7-13-19-24/h5-19,25H,3-4,20-21H2,1-2H3. The van der Waals surface area contributed by atoms with E-state index in [1.54, 1.807) is 24.3 Å². The van der Waals surface area contributed by atoms with Gasteiger partial charge in [-0.1, -0.05) is 80.6 Å². The molecule has 32 heavy (non-hydrogen) atoms. The van der Waals surface area contributed by atoms with Crippen molar-refractivity contribution in [3.05, 3.63) is 108 Å². The Balaban J connectivity index is 1.84. The lowest BCUT2D eigenvalue weighted by atomic mass is 9.85. The highest BCUT2D eigenvalue weighted by atomic mass is 16.6. The highest BCUT2D eigenvalue weighted by Gasteiger charge is 2.37. The number of carbonyl (C=O) groups excluding carboxylic acids is 2. The average Bonchev–Trinajstić information content (AvgIpc) is 2.85. The maximum atomic E-state index is 13.0. The van der Waals surface area contributed by atoms with Crippen LogP contribution in [0.5, 0.6) is 0 Å². The van der Waals surface area contributed by atoms with Gasteiger partial charge in [-0.2, -0.15) is 0 Å². The van der Waals surface area contributed by atoms with E-state index in [1.165, 1.54) is 0 Å². The van der Waals surface area contributed by atoms with Crippen LogP contribution >= 0.6 is 0 Å². The molecule has 0 saturated heterocycles. The van der Waals surface area contributed by atoms with Crippen LogP contribution < -0.4 is 0 Å². The molecule has 0 amide bonds. The molecule has 0 fully saturated rings. The van der Waals surface area contributed by atoms with Gasteiger partial charge >= 0.3 is 11.9 Å². The lowest BCUT2D eigenvalue weighted by molar-refractivity contribution is -0.0514. The molecule has 3 rings (SSSR count). The van der Waals surface area contributed by atoms with E-state index in [0.29, 0.717) is 36.8 Å². The average molecular weight is 431 g/mol. The van der Waals surface area contributed by atoms with Crippen molar-refractivity contribution in [2.45, 2.75) is 51.2 Å². The Hall–Kier alpha value is -3.40. The Morgan fingerprint density at radius 1 is 0.750 bits per heavy atom. The number of benzene rings is 3. The Morgan fingerprint density at radius 2 is 1.25 bits per heavy atom. The molecular formula is C28H30O4. The van der Waals surface area contributed by atoms with Crippen molar-refractivity contribution in [3.63, 3.8) is 0 Å². The van der Waals surface area contributed by atoms with E-state index in [1.807, 2.05) is 80.6 Å². The second-order valence-electron chi connectivity index (χ2n) is 7.96. The van der Waals surface area contributed by atoms with Crippen molar-refractivity contribution in [2.24, 2.45) is 0 Å². The van der Waals surface area contributed by atoms with Crippen molar-refractivity contribution in [1.29, 1.82) is 0 Å². The normalized spacial score (nSPS) is 13.6. The highest BCUT2D eigenvalue weighted by Crippen LogP contribution is 2.31. The Kier molecular flexibility index (Phi) is 8.20. The van der Waals surface area contributed by atoms with E-state index < -0.39 is 5.60 Å². The van der Waals surface area contributed by atoms with Gasteiger partial charge in [0, 0.05) is 12.8 Å². The molecule has 3 aromatic rings. The van der Waals surface area contributed by atoms with Crippen molar-refractivity contribution in [1.82, 2.24) is 0 Å². The maximum Gasteiger partial charge on any atom is 0.338 e. The van der Waals surface area contributed by atoms with Crippen LogP contribution in [0.3, 0.4) is 0 Å². The Bertz CT molecular complexity index is 986. The maximum absolute atomic E-state index is 13.0. The molecule has 0 aromatic heterocycles. The number of carbonyl (C=O) groups is 2. The van der Waals surface area contributed by atoms with E-state index in [-0.39, 0.29) is 18.0 Å². The first kappa shape index (κ1) is 23.3. The molecule has 2 unspecified atom stereocenters. The minimum absolute atomic E-state index is 0.364. The van der Waals surface area contributed by atoms with E-state index in [9.17, 15) is 9.59 Å². The molecule has 0 aliphatic rings. The van der Waals surface area contributed by atoms with Crippen LogP contribution in [-0.2, 0) is 15.9 Å². The third-order valence-electron chi connectivity index (χ3n) is 5.67. The molecule has 0 aliphatic heterocycles. The van der Waals surface area contributed by atoms with Gasteiger partial charge in [-0.3, -0.25) is 0 Å². The van der Waals surface area contributed by atoms with Gasteiger partial charge in [0.05, 0.1) is 11.1 Å². The summed E-state index contributed by atoms with van der Waals surface area (Å²) in [6.07, 6.45) is 1.81. The number of esters is 2. The fourth-order valence-corrected chi connectivity index (χ4v) is 3.77. The quantitative estimate of drug-likeness (QED) is 0.356. The SMILES string of the molecule is CCC(CC(CC)(Cc1ccccc1)OC(=O)c1ccccc1)OC(=O)c1ccccc1. The van der Waals surface area contributed by atoms with E-state index >= 15 is 0 Å². The summed E-state index contributed by atoms with van der Waals surface area (Å²) in [5.41, 5.74) is 1.29. The molecule has 4 nitrogen and oxygen atoms in total. The largest absolute Gasteiger partial charge is 0.459 e. The van der Waals surface area contributed by atoms with Gasteiger partial charge in [-0.15, -0.1) is 0 Å². The van der Waals surface area contributed by atoms with Crippen LogP contribution in [0.15, 0.2) is 91.0 Å². The fourth-order valence-electron chi connectivity index (χ4n) is 3.77. The van der Waals surface area contributed by atoms with Gasteiger partial charge in [-0.05, 0) is 42.7 Å². The Labute approximate surface area is 190 Å². The first-order valence-corrected chi connectivity index (χ1v) is 11.1. The zero-order chi connectivity index (χ0) is 22.8. The molecule has 0 bridgehead atoms. The molecule has 0 heterocycles. The number of hydrogen-bond acceptors (Lipinski definition) is 4. The van der Waals surface area contributed by atoms with Crippen molar-refractivity contribution >= 4 is 11.9 Å². The molecule has 3 aromatic carbocycles. The van der Waals surface area contributed by atoms with E-state index in [4.69, 9.17) is 9.47 Å². The molecule has 0 N–H and O–H groups in total. The number of rotatable bonds is 10. The van der Waals surface area contributed by atoms with Gasteiger partial charge < -0.3 is 9.47 Å². The number of hydrogen-bond donors (Lipinski definition) is 0. The van der Waals surface area contributed by atoms with Crippen LogP contribution in [-0.4, -0.2) is 23.6 Å². The van der Waals surface area contributed by atoms with Crippen LogP contribution in [0.25, 0.3) is 0 Å². The van der Waals surface area contributed by atoms with Crippen molar-refractivity contribution < 1.29 is 19.1 Å². The highest BCUT2D eigenvalue weighted by molar-refractivity contribution is 5.90. The van der Waals surface area contributed by atoms with Gasteiger partial charge in [-0.25, -0.2) is 9.59 Å². The first-order chi connectivity index (χ1) is 15.5. The summed E-state index contributed by atoms with van der Waals surface area (Å²) in [6.45, 7) is 3.98. The molecule has 2 atom stereocenters. The van der Waals surface area contributed by atoms with Crippen LogP contribution in [0, 0.1) is 0 Å². The summed E-state index contributed by atoms with van der Waals surface area (Å²) in [5, 5.41) is 0. The minimum atomic E-state index is -0.800. The summed E-state index contributed by atoms with van der Waals surface area (Å²) in [7, 11) is 0. The zero-order valence-corrected chi connectivity index (χ0v) is 18.7. The van der Waals surface area contributed by atoms with Gasteiger partial charge in [0.25, 0.3) is 0 Å². The van der Waals surface area contributed by atoms with Gasteiger partial charge in [0.1, 0.15) is 11.7 Å². The van der Waals surface area contributed by atoms with Crippen LogP contribution in [0.4, 0.5) is 0 Å². The van der Waals surface area contributed by atoms with E-state index in [0.717, 1.165) is 5.56 Å². The summed E-state index contributed by atoms with van der Waals surface area (Å²) >= 11 is 0. The molecule has 0 aliphatic carbocycles. The third-order valence-corrected chi connectivity index (χ3v) is 5.67. The predicted octanol–water partition coefficient (Wildman–Crippen LogP) is 6.26. The molecule has 166 valence electrons. The predicted molar refractivity (Wildman–Crippen MR) is 126 cm³/mol. The minimum Gasteiger partial charge on any atom is -0.459 e. The molecule has 0 radical (unpaired) electrons. The molecule has 0 spiro atoms. The second kappa shape index (κ2) is 11.3. The molecular weight excluding hydrogens is 400 g/mol. The third kappa shape index (κ3) is 6.30. The summed E-state index contributed by atoms with van der Waals surface area (Å²) in [5.74, 6) is -0.732. The summed E-state index contributed by atoms with van der Waals surface area (Å²) < 4.78 is 12.0. The monoisotopic (exact) mass is 430 g/mol. The van der Waals surface area contributed by atoms with Crippen molar-refractivity contribution in [3.8, 4) is 0 Å². The summed E-state index contributed by atoms with van der Waals surface area (Å²) in [6, 6.07) is 27.9. The fraction of sp³-hybridized carbons (Fsp3) is 0.286. The van der Waals surface area contributed by atoms with Gasteiger partial charge in [0.15, 0.2) is 0 Å². The second-order valence-corrected chi connectivity index (χ2v) is 7.96. The topological polar surface area (TPSA) is 52.6 Å². The van der Waals surface area contributed by atoms with E-state index in [2.05, 4.69) is 0 Å². The van der Waals surface area contributed by atoms with Crippen molar-refractivity contribution in [2.75, 3.05) is 0 Å². The smallest absolute Gasteiger partial charge is 0.338 e. The number of ether oxygens (including phenoxy) is 2. The Morgan fingerprint density at radius 3 is 1.75 bits per heavy atom. The van der Waals surface area contributed by atoms with Crippen LogP contribution in [0.1, 0.15) is 59.4 Å². The lowest BCUT2D eigenvalue weighted by Crippen LogP contribution is -2.41. The molecule has 0 saturated carbocycles. The molecule has 4 heteroatoms. The van der Waals surface area contributed by atoms with Gasteiger partial charge in [0.2, 0.25) is 0 Å². The zero-order valence-electron chi connectivity index (χ0n) is 18.7. The van der Waals surface area contributed by atoms with Crippen LogP contribution in [0.2, 0.25) is 0 Å². The lowest BCUT2D eigenvalue weighted by Gasteiger charge is -2.35. The first-order valence-electron chi connectivity index (χ1n) is 11.1. The summed E-state index contributed by atoms with van der Waals surface area (Å²) in [4.78, 5) is 25.7.